The number of benzene rings is 1. The summed E-state index contributed by atoms with van der Waals surface area (Å²) in [5, 5.41) is 11.2. The van der Waals surface area contributed by atoms with E-state index in [1.165, 1.54) is 12.3 Å². The van der Waals surface area contributed by atoms with E-state index in [2.05, 4.69) is 9.71 Å². The van der Waals surface area contributed by atoms with Gasteiger partial charge in [0.2, 0.25) is 0 Å². The number of aliphatic imine (C=N–C) groups is 1. The number of nitro benzene ring substituents is 1. The van der Waals surface area contributed by atoms with Crippen molar-refractivity contribution in [1.29, 1.82) is 0 Å². The third kappa shape index (κ3) is 3.83. The van der Waals surface area contributed by atoms with E-state index >= 15 is 0 Å². The Morgan fingerprint density at radius 3 is 2.78 bits per heavy atom. The van der Waals surface area contributed by atoms with Crippen LogP contribution in [-0.4, -0.2) is 15.2 Å². The molecule has 0 spiro atoms. The number of alkyl halides is 3. The second kappa shape index (κ2) is 6.74. The van der Waals surface area contributed by atoms with Crippen LogP contribution in [0.2, 0.25) is 0 Å². The molecule has 1 heterocycles. The van der Waals surface area contributed by atoms with Crippen molar-refractivity contribution in [2.24, 2.45) is 10.9 Å². The molecule has 1 aromatic rings. The number of halogens is 3. The number of hydrogen-bond donors (Lipinski definition) is 2. The predicted octanol–water partition coefficient (Wildman–Crippen LogP) is 3.88. The van der Waals surface area contributed by atoms with Crippen molar-refractivity contribution in [3.05, 3.63) is 70.1 Å². The van der Waals surface area contributed by atoms with Crippen LogP contribution in [0.1, 0.15) is 12.0 Å². The molecular weight excluding hydrogens is 387 g/mol. The first-order valence-corrected chi connectivity index (χ1v) is 9.13. The molecule has 7 nitrogen and oxygen atoms in total. The molecule has 0 bridgehead atoms. The van der Waals surface area contributed by atoms with E-state index in [1.54, 1.807) is 6.08 Å². The van der Waals surface area contributed by atoms with Crippen LogP contribution in [-0.2, 0) is 20.8 Å². The van der Waals surface area contributed by atoms with E-state index in [9.17, 15) is 32.0 Å². The lowest BCUT2D eigenvalue weighted by molar-refractivity contribution is -0.388. The summed E-state index contributed by atoms with van der Waals surface area (Å²) in [6.07, 6.45) is 4.11. The van der Waals surface area contributed by atoms with Gasteiger partial charge in [0.25, 0.3) is 4.90 Å². The van der Waals surface area contributed by atoms with Crippen molar-refractivity contribution in [2.45, 2.75) is 17.5 Å². The number of fused-ring (bicyclic) bond motifs is 1. The Bertz CT molecular complexity index is 966. The minimum Gasteiger partial charge on any atom is -0.259 e. The van der Waals surface area contributed by atoms with E-state index in [0.717, 1.165) is 0 Å². The van der Waals surface area contributed by atoms with Gasteiger partial charge < -0.3 is 0 Å². The molecule has 2 atom stereocenters. The molecule has 2 unspecified atom stereocenters. The smallest absolute Gasteiger partial charge is 0.259 e. The molecule has 142 valence electrons. The van der Waals surface area contributed by atoms with Crippen molar-refractivity contribution < 1.29 is 26.9 Å². The van der Waals surface area contributed by atoms with Gasteiger partial charge in [-0.1, -0.05) is 18.2 Å². The minimum atomic E-state index is -4.82. The van der Waals surface area contributed by atoms with E-state index in [1.807, 2.05) is 12.2 Å². The zero-order valence-corrected chi connectivity index (χ0v) is 14.3. The fourth-order valence-electron chi connectivity index (χ4n) is 2.72. The number of nitrogens with one attached hydrogen (secondary N) is 1. The van der Waals surface area contributed by atoms with E-state index < -0.39 is 37.6 Å². The van der Waals surface area contributed by atoms with Crippen molar-refractivity contribution in [3.8, 4) is 0 Å². The molecule has 0 saturated heterocycles. The minimum absolute atomic E-state index is 0.125. The largest absolute Gasteiger partial charge is 0.416 e. The summed E-state index contributed by atoms with van der Waals surface area (Å²) in [5.41, 5.74) is -1.74. The van der Waals surface area contributed by atoms with Gasteiger partial charge in [-0.3, -0.25) is 15.1 Å². The van der Waals surface area contributed by atoms with Gasteiger partial charge in [0, 0.05) is 24.3 Å². The van der Waals surface area contributed by atoms with E-state index in [0.29, 0.717) is 24.3 Å². The monoisotopic (exact) mass is 400 g/mol. The Hall–Kier alpha value is -2.79. The van der Waals surface area contributed by atoms with Crippen molar-refractivity contribution >= 4 is 21.8 Å². The highest BCUT2D eigenvalue weighted by atomic mass is 32.3. The number of nitro groups is 1. The van der Waals surface area contributed by atoms with Gasteiger partial charge in [-0.25, -0.2) is 0 Å². The average Bonchev–Trinajstić information content (AvgIpc) is 2.60. The zero-order chi connectivity index (χ0) is 19.8. The molecule has 0 amide bonds. The topological polar surface area (TPSA) is 105 Å². The molecule has 11 heteroatoms. The molecule has 0 radical (unpaired) electrons. The van der Waals surface area contributed by atoms with Crippen LogP contribution >= 0.6 is 0 Å². The third-order valence-corrected chi connectivity index (χ3v) is 5.41. The van der Waals surface area contributed by atoms with Gasteiger partial charge in [-0.2, -0.15) is 22.4 Å². The second-order valence-electron chi connectivity index (χ2n) is 5.77. The summed E-state index contributed by atoms with van der Waals surface area (Å²) in [6.45, 7) is 0. The molecule has 1 aliphatic carbocycles. The summed E-state index contributed by atoms with van der Waals surface area (Å²) in [6, 6.07) is 1.40. The molecule has 27 heavy (non-hydrogen) atoms. The fraction of sp³-hybridized carbons (Fsp3) is 0.188. The first-order valence-electron chi connectivity index (χ1n) is 7.61. The number of allylic oxidation sites excluding steroid dienone is 5. The van der Waals surface area contributed by atoms with Crippen LogP contribution in [0.3, 0.4) is 0 Å². The standard InChI is InChI=1S/C16H12F3N3O4S/c17-16(18,19)11-6-7-14(13(9-11)22(23)24)27(25,26)21-12-5-1-3-10-4-2-8-20-15(10)12/h1-3,5-10H,4H2,(H-,21,25,26)/p+1. The maximum atomic E-state index is 12.8. The first kappa shape index (κ1) is 19.0. The van der Waals surface area contributed by atoms with Crippen LogP contribution in [0.15, 0.2) is 64.3 Å². The molecular formula is C16H13F3N3O4S+. The SMILES string of the molecule is O=[N+]([O-])c1cc(C(F)(F)F)ccc1[S+](=O)(O)NC1=CC=CC2CC=CN=C12. The molecule has 0 saturated carbocycles. The molecule has 2 aliphatic rings. The van der Waals surface area contributed by atoms with Crippen LogP contribution in [0, 0.1) is 16.0 Å². The highest BCUT2D eigenvalue weighted by molar-refractivity contribution is 7.96. The molecule has 1 aromatic carbocycles. The lowest BCUT2D eigenvalue weighted by atomic mass is 9.91. The molecule has 1 aliphatic heterocycles. The van der Waals surface area contributed by atoms with Crippen LogP contribution < -0.4 is 4.72 Å². The van der Waals surface area contributed by atoms with Crippen LogP contribution in [0.4, 0.5) is 18.9 Å². The number of rotatable bonds is 4. The molecule has 0 aromatic heterocycles. The molecule has 3 rings (SSSR count). The van der Waals surface area contributed by atoms with Gasteiger partial charge in [-0.15, -0.1) is 0 Å². The Labute approximate surface area is 152 Å². The van der Waals surface area contributed by atoms with Crippen LogP contribution in [0.25, 0.3) is 0 Å². The van der Waals surface area contributed by atoms with E-state index in [4.69, 9.17) is 0 Å². The third-order valence-electron chi connectivity index (χ3n) is 3.97. The number of nitrogens with zero attached hydrogens (tertiary/aromatic N) is 2. The molecule has 2 N–H and O–H groups in total. The lowest BCUT2D eigenvalue weighted by Crippen LogP contribution is -2.36. The summed E-state index contributed by atoms with van der Waals surface area (Å²) >= 11 is 0. The Morgan fingerprint density at radius 2 is 2.11 bits per heavy atom. The van der Waals surface area contributed by atoms with Crippen LogP contribution in [0.5, 0.6) is 0 Å². The van der Waals surface area contributed by atoms with Crippen molar-refractivity contribution in [2.75, 3.05) is 0 Å². The van der Waals surface area contributed by atoms with Gasteiger partial charge in [0.15, 0.2) is 0 Å². The molecule has 0 fully saturated rings. The Kier molecular flexibility index (Phi) is 4.74. The Balaban J connectivity index is 2.00. The van der Waals surface area contributed by atoms with Crippen molar-refractivity contribution in [1.82, 2.24) is 4.72 Å². The maximum absolute atomic E-state index is 12.8. The maximum Gasteiger partial charge on any atom is 0.416 e. The Morgan fingerprint density at radius 1 is 1.37 bits per heavy atom. The summed E-state index contributed by atoms with van der Waals surface area (Å²) in [5.74, 6) is -0.125. The predicted molar refractivity (Wildman–Crippen MR) is 92.1 cm³/mol. The highest BCUT2D eigenvalue weighted by Crippen LogP contribution is 2.36. The quantitative estimate of drug-likeness (QED) is 0.455. The average molecular weight is 400 g/mol. The van der Waals surface area contributed by atoms with Gasteiger partial charge in [-0.05, 0) is 22.8 Å². The van der Waals surface area contributed by atoms with Gasteiger partial charge in [0.05, 0.1) is 16.2 Å². The summed E-state index contributed by atoms with van der Waals surface area (Å²) in [7, 11) is -4.26. The second-order valence-corrected chi connectivity index (χ2v) is 7.47. The van der Waals surface area contributed by atoms with Gasteiger partial charge >= 0.3 is 22.3 Å². The van der Waals surface area contributed by atoms with Crippen molar-refractivity contribution in [3.63, 3.8) is 0 Å². The normalized spacial score (nSPS) is 21.0. The van der Waals surface area contributed by atoms with E-state index in [-0.39, 0.29) is 17.7 Å². The summed E-state index contributed by atoms with van der Waals surface area (Å²) in [4.78, 5) is 13.5. The first-order chi connectivity index (χ1) is 12.6. The highest BCUT2D eigenvalue weighted by Gasteiger charge is 2.43. The summed E-state index contributed by atoms with van der Waals surface area (Å²) < 4.78 is 63.8. The fourth-order valence-corrected chi connectivity index (χ4v) is 3.97. The lowest BCUT2D eigenvalue weighted by Gasteiger charge is -2.22. The zero-order valence-electron chi connectivity index (χ0n) is 13.5. The van der Waals surface area contributed by atoms with Gasteiger partial charge in [0.1, 0.15) is 5.70 Å². The number of hydrogen-bond acceptors (Lipinski definition) is 4.